The van der Waals surface area contributed by atoms with Crippen LogP contribution < -0.4 is 5.32 Å². The molecular formula is C13H8Cl2F2N2O. The van der Waals surface area contributed by atoms with Gasteiger partial charge in [-0.25, -0.2) is 13.8 Å². The maximum absolute atomic E-state index is 13.6. The van der Waals surface area contributed by atoms with E-state index in [1.807, 2.05) is 0 Å². The molecule has 7 heteroatoms. The summed E-state index contributed by atoms with van der Waals surface area (Å²) in [5, 5.41) is 2.03. The molecule has 0 aliphatic carbocycles. The first-order chi connectivity index (χ1) is 9.38. The minimum absolute atomic E-state index is 0.0544. The highest BCUT2D eigenvalue weighted by Gasteiger charge is 2.17. The lowest BCUT2D eigenvalue weighted by Crippen LogP contribution is -2.15. The van der Waals surface area contributed by atoms with E-state index >= 15 is 0 Å². The van der Waals surface area contributed by atoms with Gasteiger partial charge in [-0.1, -0.05) is 23.2 Å². The normalized spacial score (nSPS) is 10.4. The van der Waals surface area contributed by atoms with Crippen LogP contribution in [0.1, 0.15) is 15.9 Å². The van der Waals surface area contributed by atoms with Gasteiger partial charge in [-0.05, 0) is 30.7 Å². The van der Waals surface area contributed by atoms with E-state index < -0.39 is 28.1 Å². The molecular weight excluding hydrogens is 309 g/mol. The number of pyridine rings is 1. The van der Waals surface area contributed by atoms with Crippen LogP contribution in [0.3, 0.4) is 0 Å². The van der Waals surface area contributed by atoms with E-state index in [-0.39, 0.29) is 10.8 Å². The Bertz CT molecular complexity index is 692. The second kappa shape index (κ2) is 5.73. The van der Waals surface area contributed by atoms with Gasteiger partial charge in [0.25, 0.3) is 5.91 Å². The highest BCUT2D eigenvalue weighted by atomic mass is 35.5. The molecule has 1 N–H and O–H groups in total. The fourth-order valence-corrected chi connectivity index (χ4v) is 1.83. The van der Waals surface area contributed by atoms with Gasteiger partial charge >= 0.3 is 0 Å². The van der Waals surface area contributed by atoms with Crippen LogP contribution in [0, 0.1) is 18.6 Å². The number of rotatable bonds is 2. The first kappa shape index (κ1) is 14.7. The van der Waals surface area contributed by atoms with Gasteiger partial charge in [-0.3, -0.25) is 4.79 Å². The Hall–Kier alpha value is -1.72. The van der Waals surface area contributed by atoms with Crippen molar-refractivity contribution in [3.8, 4) is 0 Å². The molecule has 0 atom stereocenters. The molecule has 0 saturated carbocycles. The molecule has 0 radical (unpaired) electrons. The van der Waals surface area contributed by atoms with E-state index in [9.17, 15) is 13.6 Å². The van der Waals surface area contributed by atoms with Crippen molar-refractivity contribution in [2.24, 2.45) is 0 Å². The molecule has 1 aromatic heterocycles. The Balaban J connectivity index is 2.33. The number of nitrogens with one attached hydrogen (secondary N) is 1. The molecule has 2 rings (SSSR count). The van der Waals surface area contributed by atoms with Gasteiger partial charge in [-0.2, -0.15) is 0 Å². The number of anilines is 1. The maximum Gasteiger partial charge on any atom is 0.258 e. The van der Waals surface area contributed by atoms with Gasteiger partial charge in [0.15, 0.2) is 5.15 Å². The number of carbonyl (C=O) groups excluding carboxylic acids is 1. The number of aryl methyl sites for hydroxylation is 1. The largest absolute Gasteiger partial charge is 0.319 e. The van der Waals surface area contributed by atoms with E-state index in [1.165, 1.54) is 6.20 Å². The number of nitrogens with zero attached hydrogens (tertiary/aromatic N) is 1. The summed E-state index contributed by atoms with van der Waals surface area (Å²) in [6.45, 7) is 1.75. The highest BCUT2D eigenvalue weighted by Crippen LogP contribution is 2.23. The molecule has 0 saturated heterocycles. The smallest absolute Gasteiger partial charge is 0.258 e. The Labute approximate surface area is 123 Å². The highest BCUT2D eigenvalue weighted by molar-refractivity contribution is 6.32. The second-order valence-electron chi connectivity index (χ2n) is 4.05. The van der Waals surface area contributed by atoms with Crippen LogP contribution in [0.15, 0.2) is 24.4 Å². The summed E-state index contributed by atoms with van der Waals surface area (Å²) in [6, 6.07) is 3.03. The molecule has 20 heavy (non-hydrogen) atoms. The van der Waals surface area contributed by atoms with Crippen LogP contribution in [-0.4, -0.2) is 10.9 Å². The number of aromatic nitrogens is 1. The van der Waals surface area contributed by atoms with Crippen LogP contribution in [0.2, 0.25) is 10.2 Å². The quantitative estimate of drug-likeness (QED) is 0.665. The van der Waals surface area contributed by atoms with Crippen molar-refractivity contribution in [3.05, 3.63) is 57.3 Å². The molecule has 1 amide bonds. The molecule has 3 nitrogen and oxygen atoms in total. The van der Waals surface area contributed by atoms with Crippen molar-refractivity contribution >= 4 is 34.8 Å². The van der Waals surface area contributed by atoms with E-state index in [0.717, 1.165) is 17.7 Å². The van der Waals surface area contributed by atoms with E-state index in [4.69, 9.17) is 23.2 Å². The van der Waals surface area contributed by atoms with Crippen LogP contribution in [-0.2, 0) is 0 Å². The van der Waals surface area contributed by atoms with Crippen LogP contribution in [0.5, 0.6) is 0 Å². The fraction of sp³-hybridized carbons (Fsp3) is 0.0769. The summed E-state index contributed by atoms with van der Waals surface area (Å²) >= 11 is 11.2. The number of amides is 1. The molecule has 1 heterocycles. The average Bonchev–Trinajstić information content (AvgIpc) is 2.38. The standard InChI is InChI=1S/C13H8Cl2F2N2O/c1-6-2-11(12(15)18-5-6)19-13(20)7-3-10(17)8(14)4-9(7)16/h2-5H,1H3,(H,19,20). The molecule has 0 bridgehead atoms. The van der Waals surface area contributed by atoms with Crippen LogP contribution >= 0.6 is 23.2 Å². The number of halogens is 4. The molecule has 0 aliphatic rings. The molecule has 0 fully saturated rings. The number of benzene rings is 1. The van der Waals surface area contributed by atoms with Gasteiger partial charge in [0, 0.05) is 6.20 Å². The summed E-state index contributed by atoms with van der Waals surface area (Å²) in [6.07, 6.45) is 1.51. The average molecular weight is 317 g/mol. The molecule has 2 aromatic rings. The number of carbonyl (C=O) groups is 1. The summed E-state index contributed by atoms with van der Waals surface area (Å²) in [7, 11) is 0. The molecule has 0 spiro atoms. The SMILES string of the molecule is Cc1cnc(Cl)c(NC(=O)c2cc(F)c(Cl)cc2F)c1. The van der Waals surface area contributed by atoms with Crippen molar-refractivity contribution in [3.63, 3.8) is 0 Å². The summed E-state index contributed by atoms with van der Waals surface area (Å²) < 4.78 is 26.9. The Kier molecular flexibility index (Phi) is 4.20. The predicted molar refractivity (Wildman–Crippen MR) is 73.3 cm³/mol. The maximum atomic E-state index is 13.6. The molecule has 0 unspecified atom stereocenters. The van der Waals surface area contributed by atoms with Gasteiger partial charge in [0.2, 0.25) is 0 Å². The van der Waals surface area contributed by atoms with Crippen molar-refractivity contribution in [2.75, 3.05) is 5.32 Å². The lowest BCUT2D eigenvalue weighted by molar-refractivity contribution is 0.102. The number of hydrogen-bond acceptors (Lipinski definition) is 2. The minimum atomic E-state index is -0.925. The van der Waals surface area contributed by atoms with Crippen molar-refractivity contribution in [2.45, 2.75) is 6.92 Å². The van der Waals surface area contributed by atoms with Crippen LogP contribution in [0.4, 0.5) is 14.5 Å². The fourth-order valence-electron chi connectivity index (χ4n) is 1.53. The predicted octanol–water partition coefficient (Wildman–Crippen LogP) is 4.23. The Morgan fingerprint density at radius 2 is 1.90 bits per heavy atom. The van der Waals surface area contributed by atoms with Gasteiger partial charge in [0.05, 0.1) is 16.3 Å². The Morgan fingerprint density at radius 3 is 2.60 bits per heavy atom. The zero-order valence-corrected chi connectivity index (χ0v) is 11.7. The topological polar surface area (TPSA) is 42.0 Å². The van der Waals surface area contributed by atoms with Crippen molar-refractivity contribution in [1.29, 1.82) is 0 Å². The third-order valence-corrected chi connectivity index (χ3v) is 3.07. The molecule has 104 valence electrons. The molecule has 1 aromatic carbocycles. The van der Waals surface area contributed by atoms with Crippen molar-refractivity contribution in [1.82, 2.24) is 4.98 Å². The van der Waals surface area contributed by atoms with E-state index in [1.54, 1.807) is 13.0 Å². The van der Waals surface area contributed by atoms with Crippen LogP contribution in [0.25, 0.3) is 0 Å². The van der Waals surface area contributed by atoms with Gasteiger partial charge < -0.3 is 5.32 Å². The third kappa shape index (κ3) is 3.05. The second-order valence-corrected chi connectivity index (χ2v) is 4.82. The molecule has 0 aliphatic heterocycles. The summed E-state index contributed by atoms with van der Waals surface area (Å²) in [4.78, 5) is 15.8. The Morgan fingerprint density at radius 1 is 1.20 bits per heavy atom. The van der Waals surface area contributed by atoms with Gasteiger partial charge in [0.1, 0.15) is 11.6 Å². The zero-order valence-electron chi connectivity index (χ0n) is 10.2. The monoisotopic (exact) mass is 316 g/mol. The summed E-state index contributed by atoms with van der Waals surface area (Å²) in [5.41, 5.74) is 0.503. The van der Waals surface area contributed by atoms with Gasteiger partial charge in [-0.15, -0.1) is 0 Å². The first-order valence-electron chi connectivity index (χ1n) is 5.46. The lowest BCUT2D eigenvalue weighted by atomic mass is 10.2. The first-order valence-corrected chi connectivity index (χ1v) is 6.22. The third-order valence-electron chi connectivity index (χ3n) is 2.48. The van der Waals surface area contributed by atoms with E-state index in [0.29, 0.717) is 0 Å². The zero-order chi connectivity index (χ0) is 14.9. The minimum Gasteiger partial charge on any atom is -0.319 e. The van der Waals surface area contributed by atoms with E-state index in [2.05, 4.69) is 10.3 Å². The van der Waals surface area contributed by atoms with Crippen molar-refractivity contribution < 1.29 is 13.6 Å². The number of hydrogen-bond donors (Lipinski definition) is 1. The lowest BCUT2D eigenvalue weighted by Gasteiger charge is -2.08. The summed E-state index contributed by atoms with van der Waals surface area (Å²) in [5.74, 6) is -2.65.